The fourth-order valence-corrected chi connectivity index (χ4v) is 6.06. The van der Waals surface area contributed by atoms with E-state index in [0.717, 1.165) is 0 Å². The molecule has 0 spiro atoms. The third-order valence-corrected chi connectivity index (χ3v) is 7.99. The largest absolute Gasteiger partial charge is 0.507 e. The molecule has 2 aromatic carbocycles. The Balaban J connectivity index is 0.00000882. The maximum absolute atomic E-state index is 12.2. The van der Waals surface area contributed by atoms with Gasteiger partial charge in [0, 0.05) is 53.9 Å². The molecule has 0 saturated heterocycles. The molecule has 0 aromatic heterocycles. The molecular weight excluding hydrogens is 640 g/mol. The SMILES string of the molecule is NCCCCC(CN(Cc1c(O)ccc(CO)c1O)CP(=O)(O)O)N(Cc1c(O)ccc(CO)c1O)CP(=O)(O)O.[Fe]. The van der Waals surface area contributed by atoms with Gasteiger partial charge in [0.1, 0.15) is 35.6 Å². The predicted octanol–water partition coefficient (Wildman–Crippen LogP) is 0.563. The number of nitrogens with zero attached hydrogens (tertiary/aromatic N) is 2. The van der Waals surface area contributed by atoms with Gasteiger partial charge in [0.25, 0.3) is 0 Å². The summed E-state index contributed by atoms with van der Waals surface area (Å²) in [6.45, 7) is -1.93. The van der Waals surface area contributed by atoms with Crippen molar-refractivity contribution < 1.29 is 76.4 Å². The first-order chi connectivity index (χ1) is 19.1. The number of rotatable bonds is 17. The van der Waals surface area contributed by atoms with E-state index in [2.05, 4.69) is 0 Å². The second kappa shape index (κ2) is 16.9. The number of nitrogens with two attached hydrogens (primary N) is 1. The molecule has 0 aliphatic heterocycles. The van der Waals surface area contributed by atoms with Crippen LogP contribution in [0.15, 0.2) is 24.3 Å². The molecule has 1 unspecified atom stereocenters. The second-order valence-electron chi connectivity index (χ2n) is 9.77. The van der Waals surface area contributed by atoms with Crippen molar-refractivity contribution in [1.29, 1.82) is 0 Å². The van der Waals surface area contributed by atoms with Crippen molar-refractivity contribution in [1.82, 2.24) is 9.80 Å². The van der Waals surface area contributed by atoms with Crippen LogP contribution in [0.2, 0.25) is 0 Å². The topological polar surface area (TPSA) is 269 Å². The van der Waals surface area contributed by atoms with Crippen molar-refractivity contribution in [3.8, 4) is 23.0 Å². The van der Waals surface area contributed by atoms with E-state index in [1.54, 1.807) is 0 Å². The number of benzene rings is 2. The number of phenols is 4. The average molecular weight is 679 g/mol. The Morgan fingerprint density at radius 3 is 1.64 bits per heavy atom. The number of aliphatic hydroxyl groups excluding tert-OH is 2. The summed E-state index contributed by atoms with van der Waals surface area (Å²) in [5.74, 6) is -1.77. The fraction of sp³-hybridized carbons (Fsp3) is 0.500. The molecule has 0 aliphatic carbocycles. The first-order valence-electron chi connectivity index (χ1n) is 12.6. The Kier molecular flexibility index (Phi) is 15.4. The van der Waals surface area contributed by atoms with Crippen molar-refractivity contribution in [2.45, 2.75) is 51.6 Å². The van der Waals surface area contributed by atoms with E-state index in [-0.39, 0.29) is 52.3 Å². The van der Waals surface area contributed by atoms with Crippen LogP contribution < -0.4 is 5.73 Å². The Hall–Kier alpha value is -1.74. The van der Waals surface area contributed by atoms with Crippen LogP contribution in [0.25, 0.3) is 0 Å². The summed E-state index contributed by atoms with van der Waals surface area (Å²) < 4.78 is 24.2. The molecule has 2 aromatic rings. The molecule has 240 valence electrons. The average Bonchev–Trinajstić information content (AvgIpc) is 2.86. The van der Waals surface area contributed by atoms with Crippen LogP contribution in [0.5, 0.6) is 23.0 Å². The van der Waals surface area contributed by atoms with Gasteiger partial charge in [-0.1, -0.05) is 6.42 Å². The minimum Gasteiger partial charge on any atom is -0.507 e. The first-order valence-corrected chi connectivity index (χ1v) is 16.2. The van der Waals surface area contributed by atoms with E-state index in [1.165, 1.54) is 34.1 Å². The van der Waals surface area contributed by atoms with E-state index in [0.29, 0.717) is 19.4 Å². The maximum Gasteiger partial charge on any atom is 0.339 e. The number of aliphatic hydroxyl groups is 2. The monoisotopic (exact) mass is 679 g/mol. The Labute approximate surface area is 253 Å². The maximum atomic E-state index is 12.2. The van der Waals surface area contributed by atoms with Gasteiger partial charge in [-0.2, -0.15) is 0 Å². The van der Waals surface area contributed by atoms with Crippen LogP contribution in [0.1, 0.15) is 41.5 Å². The quantitative estimate of drug-likeness (QED) is 0.0620. The van der Waals surface area contributed by atoms with Gasteiger partial charge >= 0.3 is 15.2 Å². The van der Waals surface area contributed by atoms with E-state index < -0.39 is 83.1 Å². The number of hydrogen-bond donors (Lipinski definition) is 11. The summed E-state index contributed by atoms with van der Waals surface area (Å²) >= 11 is 0. The fourth-order valence-electron chi connectivity index (χ4n) is 4.52. The summed E-state index contributed by atoms with van der Waals surface area (Å²) in [5.41, 5.74) is 5.49. The van der Waals surface area contributed by atoms with Crippen LogP contribution in [0.4, 0.5) is 0 Å². The first kappa shape index (κ1) is 38.3. The molecule has 0 fully saturated rings. The third kappa shape index (κ3) is 11.7. The van der Waals surface area contributed by atoms with Crippen molar-refractivity contribution in [3.63, 3.8) is 0 Å². The molecule has 1 atom stereocenters. The summed E-state index contributed by atoms with van der Waals surface area (Å²) in [6, 6.07) is 4.11. The van der Waals surface area contributed by atoms with Crippen LogP contribution in [0.3, 0.4) is 0 Å². The molecule has 0 aliphatic rings. The zero-order chi connectivity index (χ0) is 31.0. The van der Waals surface area contributed by atoms with Crippen LogP contribution in [-0.4, -0.2) is 91.7 Å². The van der Waals surface area contributed by atoms with Gasteiger partial charge in [0.2, 0.25) is 0 Å². The summed E-state index contributed by atoms with van der Waals surface area (Å²) in [5, 5.41) is 61.0. The van der Waals surface area contributed by atoms with Gasteiger partial charge in [-0.15, -0.1) is 0 Å². The second-order valence-corrected chi connectivity index (χ2v) is 13.0. The summed E-state index contributed by atoms with van der Waals surface area (Å²) in [4.78, 5) is 41.8. The molecule has 18 heteroatoms. The van der Waals surface area contributed by atoms with Crippen LogP contribution in [-0.2, 0) is 52.5 Å². The summed E-state index contributed by atoms with van der Waals surface area (Å²) in [7, 11) is -9.52. The van der Waals surface area contributed by atoms with Crippen molar-refractivity contribution >= 4 is 15.2 Å². The molecule has 15 nitrogen and oxygen atoms in total. The Morgan fingerprint density at radius 1 is 0.738 bits per heavy atom. The number of aromatic hydroxyl groups is 4. The normalized spacial score (nSPS) is 13.0. The molecule has 0 saturated carbocycles. The van der Waals surface area contributed by atoms with Crippen molar-refractivity contribution in [3.05, 3.63) is 46.5 Å². The number of phenolic OH excluding ortho intramolecular Hbond substituents is 2. The van der Waals surface area contributed by atoms with Crippen molar-refractivity contribution in [2.75, 3.05) is 25.7 Å². The van der Waals surface area contributed by atoms with Gasteiger partial charge < -0.3 is 55.9 Å². The van der Waals surface area contributed by atoms with Crippen LogP contribution in [0, 0.1) is 0 Å². The van der Waals surface area contributed by atoms with E-state index >= 15 is 0 Å². The van der Waals surface area contributed by atoms with Gasteiger partial charge in [-0.3, -0.25) is 18.9 Å². The molecule has 42 heavy (non-hydrogen) atoms. The van der Waals surface area contributed by atoms with Gasteiger partial charge in [-0.05, 0) is 43.7 Å². The zero-order valence-corrected chi connectivity index (χ0v) is 25.6. The van der Waals surface area contributed by atoms with E-state index in [4.69, 9.17) is 5.73 Å². The minimum atomic E-state index is -4.77. The summed E-state index contributed by atoms with van der Waals surface area (Å²) in [6.07, 6.45) is -0.556. The van der Waals surface area contributed by atoms with Crippen LogP contribution >= 0.6 is 15.2 Å². The molecule has 0 bridgehead atoms. The minimum absolute atomic E-state index is 0. The molecule has 2 rings (SSSR count). The standard InChI is InChI=1S/C24H39N3O12P2.Fe/c25-8-2-1-3-18(27(15-41(37,38)39)11-20-22(31)7-5-17(13-29)24(20)33)9-26(14-40(34,35)36)10-19-21(30)6-4-16(12-28)23(19)32;/h4-7,18,28-33H,1-3,8-15,25H2,(H2,34,35,36)(H2,37,38,39);. The molecule has 0 radical (unpaired) electrons. The van der Waals surface area contributed by atoms with E-state index in [1.807, 2.05) is 0 Å². The molecule has 0 amide bonds. The van der Waals surface area contributed by atoms with Gasteiger partial charge in [0.05, 0.1) is 24.3 Å². The Bertz CT molecular complexity index is 1260. The predicted molar refractivity (Wildman–Crippen MR) is 148 cm³/mol. The Morgan fingerprint density at radius 2 is 1.21 bits per heavy atom. The van der Waals surface area contributed by atoms with E-state index in [9.17, 15) is 59.3 Å². The molecule has 12 N–H and O–H groups in total. The molecule has 0 heterocycles. The smallest absolute Gasteiger partial charge is 0.339 e. The van der Waals surface area contributed by atoms with Gasteiger partial charge in [-0.25, -0.2) is 0 Å². The van der Waals surface area contributed by atoms with Crippen molar-refractivity contribution in [2.24, 2.45) is 5.73 Å². The third-order valence-electron chi connectivity index (χ3n) is 6.49. The number of hydrogen-bond acceptors (Lipinski definition) is 11. The van der Waals surface area contributed by atoms with Gasteiger partial charge in [0.15, 0.2) is 0 Å². The zero-order valence-electron chi connectivity index (χ0n) is 22.7. The molecular formula is C24H39FeN3O12P2. The number of unbranched alkanes of at least 4 members (excludes halogenated alkanes) is 1.